The lowest BCUT2D eigenvalue weighted by Crippen LogP contribution is -2.34. The molecule has 0 aliphatic heterocycles. The molecule has 94 valence electrons. The van der Waals surface area contributed by atoms with Crippen LogP contribution >= 0.6 is 11.8 Å². The average molecular weight is 263 g/mol. The Hall–Kier alpha value is -1.17. The van der Waals surface area contributed by atoms with E-state index in [0.717, 1.165) is 5.56 Å². The number of carbonyl (C=O) groups excluding carboxylic acids is 1. The zero-order chi connectivity index (χ0) is 12.7. The van der Waals surface area contributed by atoms with Crippen molar-refractivity contribution in [3.63, 3.8) is 0 Å². The quantitative estimate of drug-likeness (QED) is 0.884. The fourth-order valence-corrected chi connectivity index (χ4v) is 1.90. The van der Waals surface area contributed by atoms with Gasteiger partial charge >= 0.3 is 6.18 Å². The van der Waals surface area contributed by atoms with Crippen molar-refractivity contribution in [2.24, 2.45) is 0 Å². The van der Waals surface area contributed by atoms with Crippen molar-refractivity contribution in [2.75, 3.05) is 12.3 Å². The van der Waals surface area contributed by atoms with E-state index in [9.17, 15) is 18.0 Å². The standard InChI is InChI=1S/C11H12F3NOS/c12-11(13,14)8-15-10(16)7-17-6-9-4-2-1-3-5-9/h1-5H,6-8H2,(H,15,16). The average Bonchev–Trinajstić information content (AvgIpc) is 2.27. The number of halogens is 3. The van der Waals surface area contributed by atoms with E-state index >= 15 is 0 Å². The van der Waals surface area contributed by atoms with Gasteiger partial charge in [0, 0.05) is 5.75 Å². The monoisotopic (exact) mass is 263 g/mol. The molecule has 0 atom stereocenters. The van der Waals surface area contributed by atoms with Crippen LogP contribution in [-0.2, 0) is 10.5 Å². The van der Waals surface area contributed by atoms with Crippen LogP contribution in [0, 0.1) is 0 Å². The SMILES string of the molecule is O=C(CSCc1ccccc1)NCC(F)(F)F. The van der Waals surface area contributed by atoms with Gasteiger partial charge in [0.05, 0.1) is 5.75 Å². The van der Waals surface area contributed by atoms with Crippen molar-refractivity contribution in [3.8, 4) is 0 Å². The van der Waals surface area contributed by atoms with Crippen molar-refractivity contribution < 1.29 is 18.0 Å². The molecular formula is C11H12F3NOS. The van der Waals surface area contributed by atoms with Gasteiger partial charge in [-0.05, 0) is 5.56 Å². The number of nitrogens with one attached hydrogen (secondary N) is 1. The van der Waals surface area contributed by atoms with Crippen molar-refractivity contribution in [2.45, 2.75) is 11.9 Å². The van der Waals surface area contributed by atoms with Crippen molar-refractivity contribution in [1.29, 1.82) is 0 Å². The molecular weight excluding hydrogens is 251 g/mol. The molecule has 1 amide bonds. The van der Waals surface area contributed by atoms with E-state index in [0.29, 0.717) is 5.75 Å². The third kappa shape index (κ3) is 6.88. The number of alkyl halides is 3. The lowest BCUT2D eigenvalue weighted by Gasteiger charge is -2.07. The number of rotatable bonds is 5. The highest BCUT2D eigenvalue weighted by atomic mass is 32.2. The van der Waals surface area contributed by atoms with Crippen LogP contribution in [0.2, 0.25) is 0 Å². The zero-order valence-corrected chi connectivity index (χ0v) is 9.77. The van der Waals surface area contributed by atoms with Gasteiger partial charge in [0.25, 0.3) is 0 Å². The summed E-state index contributed by atoms with van der Waals surface area (Å²) in [5.41, 5.74) is 1.04. The zero-order valence-electron chi connectivity index (χ0n) is 8.96. The third-order valence-electron chi connectivity index (χ3n) is 1.83. The maximum atomic E-state index is 11.8. The summed E-state index contributed by atoms with van der Waals surface area (Å²) in [4.78, 5) is 11.0. The van der Waals surface area contributed by atoms with Gasteiger partial charge in [-0.1, -0.05) is 30.3 Å². The number of hydrogen-bond acceptors (Lipinski definition) is 2. The van der Waals surface area contributed by atoms with Crippen LogP contribution in [0.25, 0.3) is 0 Å². The number of amides is 1. The summed E-state index contributed by atoms with van der Waals surface area (Å²) < 4.78 is 35.3. The lowest BCUT2D eigenvalue weighted by molar-refractivity contribution is -0.136. The second kappa shape index (κ2) is 6.54. The molecule has 0 aliphatic carbocycles. The Balaban J connectivity index is 2.17. The van der Waals surface area contributed by atoms with E-state index in [4.69, 9.17) is 0 Å². The van der Waals surface area contributed by atoms with Crippen LogP contribution in [-0.4, -0.2) is 24.4 Å². The largest absolute Gasteiger partial charge is 0.405 e. The second-order valence-electron chi connectivity index (χ2n) is 3.37. The highest BCUT2D eigenvalue weighted by Gasteiger charge is 2.27. The van der Waals surface area contributed by atoms with E-state index in [1.807, 2.05) is 35.6 Å². The van der Waals surface area contributed by atoms with Crippen LogP contribution in [0.3, 0.4) is 0 Å². The van der Waals surface area contributed by atoms with Crippen molar-refractivity contribution in [3.05, 3.63) is 35.9 Å². The topological polar surface area (TPSA) is 29.1 Å². The first-order chi connectivity index (χ1) is 7.97. The highest BCUT2D eigenvalue weighted by Crippen LogP contribution is 2.13. The number of hydrogen-bond donors (Lipinski definition) is 1. The predicted molar refractivity (Wildman–Crippen MR) is 61.7 cm³/mol. The molecule has 1 rings (SSSR count). The molecule has 0 saturated carbocycles. The minimum absolute atomic E-state index is 0.0327. The fourth-order valence-electron chi connectivity index (χ4n) is 1.09. The molecule has 0 saturated heterocycles. The van der Waals surface area contributed by atoms with Crippen molar-refractivity contribution in [1.82, 2.24) is 5.32 Å². The summed E-state index contributed by atoms with van der Waals surface area (Å²) in [6, 6.07) is 9.44. The summed E-state index contributed by atoms with van der Waals surface area (Å²) in [7, 11) is 0. The Morgan fingerprint density at radius 2 is 1.88 bits per heavy atom. The summed E-state index contributed by atoms with van der Waals surface area (Å²) in [6.45, 7) is -1.27. The summed E-state index contributed by atoms with van der Waals surface area (Å²) in [5.74, 6) is 0.0499. The number of thioether (sulfide) groups is 1. The minimum atomic E-state index is -4.35. The summed E-state index contributed by atoms with van der Waals surface area (Å²) >= 11 is 1.29. The van der Waals surface area contributed by atoms with Gasteiger partial charge in [-0.3, -0.25) is 4.79 Å². The van der Waals surface area contributed by atoms with E-state index in [1.165, 1.54) is 11.8 Å². The molecule has 0 unspecified atom stereocenters. The molecule has 2 nitrogen and oxygen atoms in total. The van der Waals surface area contributed by atoms with Gasteiger partial charge in [0.2, 0.25) is 5.91 Å². The van der Waals surface area contributed by atoms with Crippen LogP contribution < -0.4 is 5.32 Å². The molecule has 1 aromatic rings. The first-order valence-electron chi connectivity index (χ1n) is 4.92. The smallest absolute Gasteiger partial charge is 0.346 e. The summed E-state index contributed by atoms with van der Waals surface area (Å²) in [6.07, 6.45) is -4.35. The molecule has 0 spiro atoms. The second-order valence-corrected chi connectivity index (χ2v) is 4.36. The van der Waals surface area contributed by atoms with Crippen LogP contribution in [0.15, 0.2) is 30.3 Å². The van der Waals surface area contributed by atoms with E-state index in [-0.39, 0.29) is 5.75 Å². The van der Waals surface area contributed by atoms with Gasteiger partial charge in [-0.25, -0.2) is 0 Å². The Morgan fingerprint density at radius 1 is 1.24 bits per heavy atom. The molecule has 0 bridgehead atoms. The number of carbonyl (C=O) groups is 1. The molecule has 17 heavy (non-hydrogen) atoms. The van der Waals surface area contributed by atoms with Gasteiger partial charge in [-0.15, -0.1) is 11.8 Å². The molecule has 0 fully saturated rings. The van der Waals surface area contributed by atoms with Gasteiger partial charge in [0.1, 0.15) is 6.54 Å². The van der Waals surface area contributed by atoms with E-state index < -0.39 is 18.6 Å². The Kier molecular flexibility index (Phi) is 5.34. The lowest BCUT2D eigenvalue weighted by atomic mass is 10.2. The molecule has 0 heterocycles. The molecule has 6 heteroatoms. The molecule has 0 aliphatic rings. The van der Waals surface area contributed by atoms with Crippen LogP contribution in [0.1, 0.15) is 5.56 Å². The molecule has 1 aromatic carbocycles. The summed E-state index contributed by atoms with van der Waals surface area (Å²) in [5, 5.41) is 1.82. The van der Waals surface area contributed by atoms with Crippen LogP contribution in [0.4, 0.5) is 13.2 Å². The fraction of sp³-hybridized carbons (Fsp3) is 0.364. The highest BCUT2D eigenvalue weighted by molar-refractivity contribution is 7.99. The maximum Gasteiger partial charge on any atom is 0.405 e. The first-order valence-corrected chi connectivity index (χ1v) is 6.08. The number of benzene rings is 1. The Labute approximate surface area is 102 Å². The minimum Gasteiger partial charge on any atom is -0.346 e. The molecule has 0 radical (unpaired) electrons. The third-order valence-corrected chi connectivity index (χ3v) is 2.83. The van der Waals surface area contributed by atoms with E-state index in [1.54, 1.807) is 0 Å². The molecule has 1 N–H and O–H groups in total. The predicted octanol–water partition coefficient (Wildman–Crippen LogP) is 2.60. The van der Waals surface area contributed by atoms with Crippen molar-refractivity contribution >= 4 is 17.7 Å². The van der Waals surface area contributed by atoms with E-state index in [2.05, 4.69) is 0 Å². The molecule has 0 aromatic heterocycles. The maximum absolute atomic E-state index is 11.8. The van der Waals surface area contributed by atoms with Crippen LogP contribution in [0.5, 0.6) is 0 Å². The first kappa shape index (κ1) is 13.9. The van der Waals surface area contributed by atoms with Gasteiger partial charge in [0.15, 0.2) is 0 Å². The Morgan fingerprint density at radius 3 is 2.47 bits per heavy atom. The Bertz CT molecular complexity index is 353. The van der Waals surface area contributed by atoms with Gasteiger partial charge in [-0.2, -0.15) is 13.2 Å². The normalized spacial score (nSPS) is 11.2. The van der Waals surface area contributed by atoms with Gasteiger partial charge < -0.3 is 5.32 Å².